The number of para-hydroxylation sites is 4. The summed E-state index contributed by atoms with van der Waals surface area (Å²) in [5.41, 5.74) is 14.5. The van der Waals surface area contributed by atoms with Crippen LogP contribution in [0.2, 0.25) is 0 Å². The number of anilines is 6. The summed E-state index contributed by atoms with van der Waals surface area (Å²) in [6.07, 6.45) is 0. The highest BCUT2D eigenvalue weighted by Crippen LogP contribution is 2.47. The average Bonchev–Trinajstić information content (AvgIpc) is 3.20. The van der Waals surface area contributed by atoms with Crippen LogP contribution in [0.15, 0.2) is 182 Å². The molecule has 0 saturated carbocycles. The SMILES string of the molecule is c1ccc(B2c3ccccc3N(c3cccc4ccccc34)c3cc4c5c(c32)N(c2ccccc2)c2ccccc2B5c2ccccc2O4)cc1. The molecule has 0 fully saturated rings. The van der Waals surface area contributed by atoms with Crippen LogP contribution in [0.4, 0.5) is 34.1 Å². The standard InChI is InChI=1S/C46H30B2N2O/c1-3-18-32(19-4-1)47-35-23-9-13-27-40(35)50(38-28-15-17-31-16-7-8-22-34(31)38)41-30-43-45-46(44(41)47)49(33-20-5-2-6-21-33)39-26-12-10-24-36(39)48(45)37-25-11-14-29-42(37)51-43/h1-30H. The molecule has 11 rings (SSSR count). The van der Waals surface area contributed by atoms with E-state index >= 15 is 0 Å². The van der Waals surface area contributed by atoms with Gasteiger partial charge in [0.15, 0.2) is 0 Å². The Bertz CT molecular complexity index is 2660. The quantitative estimate of drug-likeness (QED) is 0.184. The molecular formula is C46H30B2N2O. The van der Waals surface area contributed by atoms with Gasteiger partial charge in [0.25, 0.3) is 6.71 Å². The first-order valence-electron chi connectivity index (χ1n) is 17.7. The molecule has 0 radical (unpaired) electrons. The zero-order valence-electron chi connectivity index (χ0n) is 27.8. The van der Waals surface area contributed by atoms with Gasteiger partial charge in [0.05, 0.1) is 5.69 Å². The lowest BCUT2D eigenvalue weighted by Gasteiger charge is -2.46. The molecule has 0 aliphatic carbocycles. The first kappa shape index (κ1) is 28.4. The lowest BCUT2D eigenvalue weighted by molar-refractivity contribution is 0.488. The predicted molar refractivity (Wildman–Crippen MR) is 216 cm³/mol. The number of ether oxygens (including phenoxy) is 1. The van der Waals surface area contributed by atoms with Gasteiger partial charge in [-0.15, -0.1) is 0 Å². The maximum atomic E-state index is 7.04. The molecule has 0 aromatic heterocycles. The number of fused-ring (bicyclic) bond motifs is 8. The molecule has 5 heteroatoms. The van der Waals surface area contributed by atoms with Gasteiger partial charge in [0.1, 0.15) is 11.5 Å². The molecule has 0 N–H and O–H groups in total. The van der Waals surface area contributed by atoms with Crippen molar-refractivity contribution in [1.82, 2.24) is 0 Å². The lowest BCUT2D eigenvalue weighted by atomic mass is 9.30. The smallest absolute Gasteiger partial charge is 0.256 e. The highest BCUT2D eigenvalue weighted by molar-refractivity contribution is 7.03. The van der Waals surface area contributed by atoms with Gasteiger partial charge in [-0.2, -0.15) is 0 Å². The summed E-state index contributed by atoms with van der Waals surface area (Å²) in [4.78, 5) is 5.00. The molecule has 8 aromatic carbocycles. The van der Waals surface area contributed by atoms with E-state index in [9.17, 15) is 0 Å². The Morgan fingerprint density at radius 3 is 1.78 bits per heavy atom. The minimum atomic E-state index is -0.0294. The molecule has 3 heterocycles. The van der Waals surface area contributed by atoms with Crippen LogP contribution in [0.25, 0.3) is 10.8 Å². The Labute approximate surface area is 298 Å². The number of nitrogens with zero attached hydrogens (tertiary/aromatic N) is 2. The van der Waals surface area contributed by atoms with E-state index in [-0.39, 0.29) is 13.4 Å². The van der Waals surface area contributed by atoms with Crippen molar-refractivity contribution in [2.75, 3.05) is 9.80 Å². The third kappa shape index (κ3) is 4.09. The summed E-state index contributed by atoms with van der Waals surface area (Å²) in [6, 6.07) is 66.1. The Kier molecular flexibility index (Phi) is 6.14. The van der Waals surface area contributed by atoms with Gasteiger partial charge in [-0.25, -0.2) is 0 Å². The molecule has 0 spiro atoms. The monoisotopic (exact) mass is 648 g/mol. The summed E-state index contributed by atoms with van der Waals surface area (Å²) < 4.78 is 7.04. The van der Waals surface area contributed by atoms with E-state index in [1.165, 1.54) is 60.6 Å². The van der Waals surface area contributed by atoms with Gasteiger partial charge in [-0.05, 0) is 69.1 Å². The average molecular weight is 648 g/mol. The number of hydrogen-bond acceptors (Lipinski definition) is 3. The van der Waals surface area contributed by atoms with Gasteiger partial charge in [-0.1, -0.05) is 145 Å². The summed E-state index contributed by atoms with van der Waals surface area (Å²) in [5.74, 6) is 1.82. The van der Waals surface area contributed by atoms with Crippen molar-refractivity contribution in [3.8, 4) is 11.5 Å². The van der Waals surface area contributed by atoms with Crippen LogP contribution in [-0.2, 0) is 0 Å². The van der Waals surface area contributed by atoms with Crippen molar-refractivity contribution in [3.05, 3.63) is 182 Å². The van der Waals surface area contributed by atoms with E-state index < -0.39 is 0 Å². The Balaban J connectivity index is 1.33. The molecule has 51 heavy (non-hydrogen) atoms. The van der Waals surface area contributed by atoms with Crippen molar-refractivity contribution in [3.63, 3.8) is 0 Å². The predicted octanol–water partition coefficient (Wildman–Crippen LogP) is 7.54. The summed E-state index contributed by atoms with van der Waals surface area (Å²) >= 11 is 0. The second kappa shape index (κ2) is 11.0. The molecule has 0 unspecified atom stereocenters. The minimum absolute atomic E-state index is 0.0148. The summed E-state index contributed by atoms with van der Waals surface area (Å²) in [6.45, 7) is -0.0146. The van der Waals surface area contributed by atoms with E-state index in [0.29, 0.717) is 0 Å². The van der Waals surface area contributed by atoms with Gasteiger partial charge in [0.2, 0.25) is 6.71 Å². The molecule has 0 atom stereocenters. The lowest BCUT2D eigenvalue weighted by Crippen LogP contribution is -2.65. The van der Waals surface area contributed by atoms with Crippen LogP contribution in [0.1, 0.15) is 0 Å². The maximum absolute atomic E-state index is 7.04. The topological polar surface area (TPSA) is 15.7 Å². The Morgan fingerprint density at radius 1 is 0.392 bits per heavy atom. The van der Waals surface area contributed by atoms with E-state index in [0.717, 1.165) is 28.6 Å². The first-order valence-corrected chi connectivity index (χ1v) is 17.7. The van der Waals surface area contributed by atoms with Crippen LogP contribution in [0, 0.1) is 0 Å². The van der Waals surface area contributed by atoms with Crippen molar-refractivity contribution < 1.29 is 4.74 Å². The van der Waals surface area contributed by atoms with E-state index in [4.69, 9.17) is 4.74 Å². The van der Waals surface area contributed by atoms with Gasteiger partial charge >= 0.3 is 0 Å². The van der Waals surface area contributed by atoms with Crippen molar-refractivity contribution in [2.45, 2.75) is 0 Å². The largest absolute Gasteiger partial charge is 0.458 e. The van der Waals surface area contributed by atoms with Crippen LogP contribution < -0.4 is 47.3 Å². The van der Waals surface area contributed by atoms with E-state index in [1.807, 2.05) is 0 Å². The Hall–Kier alpha value is -6.45. The fourth-order valence-corrected chi connectivity index (χ4v) is 8.92. The summed E-state index contributed by atoms with van der Waals surface area (Å²) in [5, 5.41) is 2.42. The molecule has 3 aliphatic rings. The van der Waals surface area contributed by atoms with E-state index in [2.05, 4.69) is 192 Å². The molecular weight excluding hydrogens is 618 g/mol. The maximum Gasteiger partial charge on any atom is 0.256 e. The first-order chi connectivity index (χ1) is 25.3. The van der Waals surface area contributed by atoms with Crippen molar-refractivity contribution in [2.24, 2.45) is 0 Å². The van der Waals surface area contributed by atoms with Crippen LogP contribution >= 0.6 is 0 Å². The molecule has 8 aromatic rings. The Morgan fingerprint density at radius 2 is 0.980 bits per heavy atom. The second-order valence-corrected chi connectivity index (χ2v) is 13.6. The van der Waals surface area contributed by atoms with Crippen LogP contribution in [0.3, 0.4) is 0 Å². The molecule has 0 saturated heterocycles. The third-order valence-electron chi connectivity index (χ3n) is 10.9. The number of benzene rings is 8. The van der Waals surface area contributed by atoms with Crippen LogP contribution in [-0.4, -0.2) is 13.4 Å². The van der Waals surface area contributed by atoms with E-state index in [1.54, 1.807) is 0 Å². The molecule has 236 valence electrons. The summed E-state index contributed by atoms with van der Waals surface area (Å²) in [7, 11) is 0. The minimum Gasteiger partial charge on any atom is -0.458 e. The number of rotatable bonds is 3. The van der Waals surface area contributed by atoms with Gasteiger partial charge in [-0.3, -0.25) is 0 Å². The highest BCUT2D eigenvalue weighted by Gasteiger charge is 2.47. The highest BCUT2D eigenvalue weighted by atomic mass is 16.5. The fraction of sp³-hybridized carbons (Fsp3) is 0. The number of hydrogen-bond donors (Lipinski definition) is 0. The normalized spacial score (nSPS) is 13.5. The van der Waals surface area contributed by atoms with Gasteiger partial charge in [0, 0.05) is 39.9 Å². The van der Waals surface area contributed by atoms with Gasteiger partial charge < -0.3 is 14.5 Å². The zero-order chi connectivity index (χ0) is 33.5. The second-order valence-electron chi connectivity index (χ2n) is 13.6. The molecule has 3 nitrogen and oxygen atoms in total. The third-order valence-corrected chi connectivity index (χ3v) is 10.9. The zero-order valence-corrected chi connectivity index (χ0v) is 27.8. The fourth-order valence-electron chi connectivity index (χ4n) is 8.92. The van der Waals surface area contributed by atoms with Crippen LogP contribution in [0.5, 0.6) is 11.5 Å². The van der Waals surface area contributed by atoms with Crippen molar-refractivity contribution >= 4 is 91.1 Å². The molecule has 3 aliphatic heterocycles. The van der Waals surface area contributed by atoms with Crippen molar-refractivity contribution in [1.29, 1.82) is 0 Å². The molecule has 0 amide bonds. The molecule has 0 bridgehead atoms.